The van der Waals surface area contributed by atoms with Crippen molar-refractivity contribution in [3.05, 3.63) is 42.0 Å². The van der Waals surface area contributed by atoms with E-state index in [1.165, 1.54) is 12.1 Å². The number of aryl methyl sites for hydroxylation is 1. The van der Waals surface area contributed by atoms with Crippen molar-refractivity contribution in [3.63, 3.8) is 0 Å². The Labute approximate surface area is 157 Å². The van der Waals surface area contributed by atoms with Gasteiger partial charge in [0.15, 0.2) is 11.5 Å². The SMILES string of the molecule is CCc1cc(SC#N)ccc1NS(=O)(=O)c1ccc2c(c1)OCCCO2. The Balaban J connectivity index is 1.90. The monoisotopic (exact) mass is 390 g/mol. The smallest absolute Gasteiger partial charge is 0.262 e. The molecule has 0 unspecified atom stereocenters. The number of benzene rings is 2. The molecule has 2 aromatic rings. The summed E-state index contributed by atoms with van der Waals surface area (Å²) in [5.41, 5.74) is 1.32. The first-order valence-electron chi connectivity index (χ1n) is 8.15. The van der Waals surface area contributed by atoms with E-state index in [-0.39, 0.29) is 4.90 Å². The van der Waals surface area contributed by atoms with Crippen molar-refractivity contribution in [3.8, 4) is 16.9 Å². The molecule has 0 atom stereocenters. The van der Waals surface area contributed by atoms with E-state index in [0.29, 0.717) is 36.8 Å². The number of nitrogens with zero attached hydrogens (tertiary/aromatic N) is 1. The van der Waals surface area contributed by atoms with Gasteiger partial charge in [0.25, 0.3) is 10.0 Å². The van der Waals surface area contributed by atoms with Crippen molar-refractivity contribution in [2.75, 3.05) is 17.9 Å². The molecule has 8 heteroatoms. The first kappa shape index (κ1) is 18.4. The van der Waals surface area contributed by atoms with Crippen LogP contribution in [0.4, 0.5) is 5.69 Å². The number of nitrogens with one attached hydrogen (secondary N) is 1. The van der Waals surface area contributed by atoms with Crippen LogP contribution in [0.5, 0.6) is 11.5 Å². The van der Waals surface area contributed by atoms with E-state index in [4.69, 9.17) is 14.7 Å². The van der Waals surface area contributed by atoms with Crippen LogP contribution in [-0.2, 0) is 16.4 Å². The highest BCUT2D eigenvalue weighted by Crippen LogP contribution is 2.33. The van der Waals surface area contributed by atoms with E-state index in [9.17, 15) is 8.42 Å². The standard InChI is InChI=1S/C18H18N2O4S2/c1-2-13-10-14(25-12-19)4-6-16(13)20-26(21,22)15-5-7-17-18(11-15)24-9-3-8-23-17/h4-7,10-11,20H,2-3,8-9H2,1H3. The number of sulfonamides is 1. The Kier molecular flexibility index (Phi) is 5.59. The molecule has 6 nitrogen and oxygen atoms in total. The highest BCUT2D eigenvalue weighted by molar-refractivity contribution is 8.03. The quantitative estimate of drug-likeness (QED) is 0.617. The molecule has 1 aliphatic heterocycles. The van der Waals surface area contributed by atoms with Gasteiger partial charge in [-0.3, -0.25) is 4.72 Å². The predicted molar refractivity (Wildman–Crippen MR) is 100 cm³/mol. The molecular formula is C18H18N2O4S2. The number of hydrogen-bond acceptors (Lipinski definition) is 6. The van der Waals surface area contributed by atoms with Crippen molar-refractivity contribution in [2.24, 2.45) is 0 Å². The molecule has 1 N–H and O–H groups in total. The van der Waals surface area contributed by atoms with Crippen molar-refractivity contribution in [1.29, 1.82) is 5.26 Å². The highest BCUT2D eigenvalue weighted by atomic mass is 32.2. The summed E-state index contributed by atoms with van der Waals surface area (Å²) >= 11 is 1.04. The predicted octanol–water partition coefficient (Wildman–Crippen LogP) is 3.78. The van der Waals surface area contributed by atoms with E-state index in [1.54, 1.807) is 18.2 Å². The van der Waals surface area contributed by atoms with Crippen LogP contribution < -0.4 is 14.2 Å². The van der Waals surface area contributed by atoms with Crippen LogP contribution in [0.3, 0.4) is 0 Å². The molecule has 26 heavy (non-hydrogen) atoms. The molecule has 0 fully saturated rings. The fourth-order valence-corrected chi connectivity index (χ4v) is 4.15. The molecule has 3 rings (SSSR count). The molecule has 1 heterocycles. The van der Waals surface area contributed by atoms with Gasteiger partial charge in [0.1, 0.15) is 5.40 Å². The fraction of sp³-hybridized carbons (Fsp3) is 0.278. The lowest BCUT2D eigenvalue weighted by Crippen LogP contribution is -2.14. The normalized spacial score (nSPS) is 13.5. The fourth-order valence-electron chi connectivity index (χ4n) is 2.59. The molecule has 0 spiro atoms. The second-order valence-corrected chi connectivity index (χ2v) is 8.17. The van der Waals surface area contributed by atoms with Crippen LogP contribution in [0.25, 0.3) is 0 Å². The summed E-state index contributed by atoms with van der Waals surface area (Å²) in [6, 6.07) is 9.82. The van der Waals surface area contributed by atoms with E-state index in [0.717, 1.165) is 28.6 Å². The first-order chi connectivity index (χ1) is 12.5. The average molecular weight is 390 g/mol. The molecule has 2 aromatic carbocycles. The Morgan fingerprint density at radius 1 is 1.15 bits per heavy atom. The lowest BCUT2D eigenvalue weighted by molar-refractivity contribution is 0.297. The summed E-state index contributed by atoms with van der Waals surface area (Å²) in [5, 5.41) is 10.8. The molecule has 0 aliphatic carbocycles. The maximum absolute atomic E-state index is 12.8. The minimum atomic E-state index is -3.77. The minimum absolute atomic E-state index is 0.110. The van der Waals surface area contributed by atoms with Gasteiger partial charge in [-0.05, 0) is 54.1 Å². The van der Waals surface area contributed by atoms with Crippen molar-refractivity contribution in [1.82, 2.24) is 0 Å². The molecule has 1 aliphatic rings. The Morgan fingerprint density at radius 2 is 1.92 bits per heavy atom. The summed E-state index contributed by atoms with van der Waals surface area (Å²) in [6.45, 7) is 2.97. The lowest BCUT2D eigenvalue weighted by atomic mass is 10.1. The van der Waals surface area contributed by atoms with Gasteiger partial charge in [-0.25, -0.2) is 8.42 Å². The van der Waals surface area contributed by atoms with Crippen molar-refractivity contribution < 1.29 is 17.9 Å². The zero-order valence-corrected chi connectivity index (χ0v) is 15.8. The van der Waals surface area contributed by atoms with Gasteiger partial charge >= 0.3 is 0 Å². The molecule has 0 saturated carbocycles. The third-order valence-electron chi connectivity index (χ3n) is 3.89. The van der Waals surface area contributed by atoms with Gasteiger partial charge in [-0.1, -0.05) is 6.92 Å². The first-order valence-corrected chi connectivity index (χ1v) is 10.4. The van der Waals surface area contributed by atoms with Crippen LogP contribution in [0, 0.1) is 10.7 Å². The summed E-state index contributed by atoms with van der Waals surface area (Å²) in [5.74, 6) is 0.982. The third kappa shape index (κ3) is 4.06. The van der Waals surface area contributed by atoms with Gasteiger partial charge < -0.3 is 9.47 Å². The highest BCUT2D eigenvalue weighted by Gasteiger charge is 2.20. The zero-order chi connectivity index (χ0) is 18.6. The second kappa shape index (κ2) is 7.89. The van der Waals surface area contributed by atoms with Gasteiger partial charge in [-0.2, -0.15) is 5.26 Å². The molecule has 0 amide bonds. The summed E-state index contributed by atoms with van der Waals surface area (Å²) in [6.07, 6.45) is 1.39. The number of nitriles is 1. The van der Waals surface area contributed by atoms with Gasteiger partial charge in [-0.15, -0.1) is 0 Å². The summed E-state index contributed by atoms with van der Waals surface area (Å²) in [4.78, 5) is 0.891. The molecule has 0 radical (unpaired) electrons. The van der Waals surface area contributed by atoms with Gasteiger partial charge in [0.2, 0.25) is 0 Å². The third-order valence-corrected chi connectivity index (χ3v) is 5.84. The van der Waals surface area contributed by atoms with Crippen LogP contribution in [0.1, 0.15) is 18.9 Å². The van der Waals surface area contributed by atoms with Crippen LogP contribution in [0.15, 0.2) is 46.2 Å². The van der Waals surface area contributed by atoms with E-state index in [2.05, 4.69) is 4.72 Å². The number of ether oxygens (including phenoxy) is 2. The number of anilines is 1. The zero-order valence-electron chi connectivity index (χ0n) is 14.2. The van der Waals surface area contributed by atoms with Crippen molar-refractivity contribution >= 4 is 27.5 Å². The summed E-state index contributed by atoms with van der Waals surface area (Å²) in [7, 11) is -3.77. The number of hydrogen-bond donors (Lipinski definition) is 1. The molecule has 136 valence electrons. The van der Waals surface area contributed by atoms with Gasteiger partial charge in [0.05, 0.1) is 23.8 Å². The molecule has 0 saturated heterocycles. The van der Waals surface area contributed by atoms with Crippen molar-refractivity contribution in [2.45, 2.75) is 29.6 Å². The van der Waals surface area contributed by atoms with Crippen LogP contribution in [-0.4, -0.2) is 21.6 Å². The number of thioether (sulfide) groups is 1. The van der Waals surface area contributed by atoms with E-state index < -0.39 is 10.0 Å². The van der Waals surface area contributed by atoms with Gasteiger partial charge in [0, 0.05) is 17.4 Å². The molecular weight excluding hydrogens is 372 g/mol. The van der Waals surface area contributed by atoms with E-state index in [1.807, 2.05) is 18.4 Å². The minimum Gasteiger partial charge on any atom is -0.490 e. The van der Waals surface area contributed by atoms with Crippen LogP contribution in [0.2, 0.25) is 0 Å². The number of thiocyanates is 1. The second-order valence-electron chi connectivity index (χ2n) is 5.63. The number of rotatable bonds is 5. The Bertz CT molecular complexity index is 952. The molecule has 0 bridgehead atoms. The number of fused-ring (bicyclic) bond motifs is 1. The maximum Gasteiger partial charge on any atom is 0.262 e. The molecule has 0 aromatic heterocycles. The Hall–Kier alpha value is -2.37. The topological polar surface area (TPSA) is 88.4 Å². The maximum atomic E-state index is 12.8. The summed E-state index contributed by atoms with van der Waals surface area (Å²) < 4.78 is 39.3. The average Bonchev–Trinajstić information content (AvgIpc) is 2.87. The largest absolute Gasteiger partial charge is 0.490 e. The van der Waals surface area contributed by atoms with Crippen LogP contribution >= 0.6 is 11.8 Å². The lowest BCUT2D eigenvalue weighted by Gasteiger charge is -2.14. The Morgan fingerprint density at radius 3 is 2.65 bits per heavy atom. The van der Waals surface area contributed by atoms with E-state index >= 15 is 0 Å².